The Morgan fingerprint density at radius 3 is 2.82 bits per heavy atom. The molecule has 0 spiro atoms. The first-order valence-corrected chi connectivity index (χ1v) is 9.69. The summed E-state index contributed by atoms with van der Waals surface area (Å²) >= 11 is 0. The fraction of sp³-hybridized carbons (Fsp3) is 0.476. The minimum Gasteiger partial charge on any atom is -0.497 e. The smallest absolute Gasteiger partial charge is 0.225 e. The van der Waals surface area contributed by atoms with Crippen LogP contribution in [0.25, 0.3) is 0 Å². The van der Waals surface area contributed by atoms with Crippen molar-refractivity contribution in [3.8, 4) is 11.5 Å². The molecule has 28 heavy (non-hydrogen) atoms. The van der Waals surface area contributed by atoms with Gasteiger partial charge in [0.05, 0.1) is 14.2 Å². The van der Waals surface area contributed by atoms with Gasteiger partial charge in [0.1, 0.15) is 11.5 Å². The van der Waals surface area contributed by atoms with Crippen molar-refractivity contribution >= 4 is 11.9 Å². The average Bonchev–Trinajstić information content (AvgIpc) is 2.77. The van der Waals surface area contributed by atoms with Crippen LogP contribution in [0, 0.1) is 5.92 Å². The highest BCUT2D eigenvalue weighted by Gasteiger charge is 2.22. The lowest BCUT2D eigenvalue weighted by molar-refractivity contribution is -0.121. The van der Waals surface area contributed by atoms with E-state index in [4.69, 9.17) is 9.47 Å². The first-order chi connectivity index (χ1) is 13.7. The van der Waals surface area contributed by atoms with Crippen molar-refractivity contribution in [3.63, 3.8) is 0 Å². The van der Waals surface area contributed by atoms with Gasteiger partial charge in [0.15, 0.2) is 0 Å². The van der Waals surface area contributed by atoms with Gasteiger partial charge in [-0.25, -0.2) is 9.97 Å². The molecule has 0 radical (unpaired) electrons. The highest BCUT2D eigenvalue weighted by Crippen LogP contribution is 2.25. The zero-order chi connectivity index (χ0) is 19.8. The summed E-state index contributed by atoms with van der Waals surface area (Å²) in [6.07, 6.45) is 7.18. The Morgan fingerprint density at radius 1 is 1.25 bits per heavy atom. The van der Waals surface area contributed by atoms with Crippen molar-refractivity contribution in [2.24, 2.45) is 5.92 Å². The Morgan fingerprint density at radius 2 is 2.07 bits per heavy atom. The fourth-order valence-corrected chi connectivity index (χ4v) is 3.55. The number of amides is 1. The molecule has 1 aliphatic heterocycles. The molecule has 7 nitrogen and oxygen atoms in total. The summed E-state index contributed by atoms with van der Waals surface area (Å²) in [6.45, 7) is 2.33. The Balaban J connectivity index is 1.45. The second kappa shape index (κ2) is 9.92. The average molecular weight is 384 g/mol. The van der Waals surface area contributed by atoms with E-state index in [1.165, 1.54) is 0 Å². The number of piperidine rings is 1. The highest BCUT2D eigenvalue weighted by molar-refractivity contribution is 5.76. The standard InChI is InChI=1S/C21H28N4O3/c1-27-18-8-7-17(19(13-18)28-2)14-24-20(26)9-6-16-5-3-12-25(15-16)21-22-10-4-11-23-21/h4,7-8,10-11,13,16H,3,5-6,9,12,14-15H2,1-2H3,(H,24,26)/t16-/m0/s1. The van der Waals surface area contributed by atoms with Crippen LogP contribution in [0.3, 0.4) is 0 Å². The maximum absolute atomic E-state index is 12.3. The van der Waals surface area contributed by atoms with Crippen molar-refractivity contribution in [2.45, 2.75) is 32.2 Å². The van der Waals surface area contributed by atoms with Crippen LogP contribution in [0.5, 0.6) is 11.5 Å². The van der Waals surface area contributed by atoms with Gasteiger partial charge in [-0.3, -0.25) is 4.79 Å². The largest absolute Gasteiger partial charge is 0.497 e. The Labute approximate surface area is 166 Å². The van der Waals surface area contributed by atoms with E-state index in [2.05, 4.69) is 20.2 Å². The van der Waals surface area contributed by atoms with E-state index in [0.29, 0.717) is 24.6 Å². The predicted octanol–water partition coefficient (Wildman–Crippen LogP) is 2.81. The minimum atomic E-state index is 0.0611. The Hall–Kier alpha value is -2.83. The number of hydrogen-bond acceptors (Lipinski definition) is 6. The fourth-order valence-electron chi connectivity index (χ4n) is 3.55. The van der Waals surface area contributed by atoms with E-state index in [1.54, 1.807) is 26.6 Å². The van der Waals surface area contributed by atoms with E-state index < -0.39 is 0 Å². The number of methoxy groups -OCH3 is 2. The van der Waals surface area contributed by atoms with Crippen LogP contribution in [-0.4, -0.2) is 43.2 Å². The van der Waals surface area contributed by atoms with E-state index in [0.717, 1.165) is 49.6 Å². The third kappa shape index (κ3) is 5.34. The molecule has 0 aliphatic carbocycles. The van der Waals surface area contributed by atoms with Crippen molar-refractivity contribution in [2.75, 3.05) is 32.2 Å². The van der Waals surface area contributed by atoms with Gasteiger partial charge in [-0.05, 0) is 43.4 Å². The van der Waals surface area contributed by atoms with Gasteiger partial charge < -0.3 is 19.7 Å². The molecule has 1 saturated heterocycles. The maximum atomic E-state index is 12.3. The molecule has 150 valence electrons. The quantitative estimate of drug-likeness (QED) is 0.754. The van der Waals surface area contributed by atoms with Crippen molar-refractivity contribution in [1.82, 2.24) is 15.3 Å². The lowest BCUT2D eigenvalue weighted by Crippen LogP contribution is -2.37. The molecule has 1 amide bonds. The second-order valence-electron chi connectivity index (χ2n) is 7.00. The van der Waals surface area contributed by atoms with Crippen molar-refractivity contribution in [3.05, 3.63) is 42.2 Å². The first-order valence-electron chi connectivity index (χ1n) is 9.69. The van der Waals surface area contributed by atoms with Crippen LogP contribution in [0.2, 0.25) is 0 Å². The Bertz CT molecular complexity index is 770. The van der Waals surface area contributed by atoms with Gasteiger partial charge in [-0.15, -0.1) is 0 Å². The molecule has 1 aromatic heterocycles. The Kier molecular flexibility index (Phi) is 7.06. The van der Waals surface area contributed by atoms with Crippen molar-refractivity contribution < 1.29 is 14.3 Å². The molecule has 0 unspecified atom stereocenters. The van der Waals surface area contributed by atoms with Crippen LogP contribution in [-0.2, 0) is 11.3 Å². The van der Waals surface area contributed by atoms with Gasteiger partial charge in [0.2, 0.25) is 11.9 Å². The summed E-state index contributed by atoms with van der Waals surface area (Å²) in [5, 5.41) is 3.00. The summed E-state index contributed by atoms with van der Waals surface area (Å²) in [4.78, 5) is 23.2. The molecule has 2 aromatic rings. The van der Waals surface area contributed by atoms with Gasteiger partial charge >= 0.3 is 0 Å². The molecule has 0 bridgehead atoms. The van der Waals surface area contributed by atoms with Crippen LogP contribution in [0.1, 0.15) is 31.2 Å². The topological polar surface area (TPSA) is 76.6 Å². The maximum Gasteiger partial charge on any atom is 0.225 e. The lowest BCUT2D eigenvalue weighted by Gasteiger charge is -2.32. The molecule has 1 aromatic carbocycles. The molecule has 1 N–H and O–H groups in total. The molecule has 1 fully saturated rings. The lowest BCUT2D eigenvalue weighted by atomic mass is 9.93. The number of benzene rings is 1. The number of rotatable bonds is 8. The molecule has 3 rings (SSSR count). The van der Waals surface area contributed by atoms with Crippen LogP contribution in [0.4, 0.5) is 5.95 Å². The highest BCUT2D eigenvalue weighted by atomic mass is 16.5. The van der Waals surface area contributed by atoms with Crippen molar-refractivity contribution in [1.29, 1.82) is 0 Å². The summed E-state index contributed by atoms with van der Waals surface area (Å²) < 4.78 is 10.6. The van der Waals surface area contributed by atoms with E-state index in [1.807, 2.05) is 24.3 Å². The van der Waals surface area contributed by atoms with Gasteiger partial charge in [0.25, 0.3) is 0 Å². The number of carbonyl (C=O) groups is 1. The molecule has 0 saturated carbocycles. The summed E-state index contributed by atoms with van der Waals surface area (Å²) in [6, 6.07) is 7.43. The van der Waals surface area contributed by atoms with Gasteiger partial charge in [-0.2, -0.15) is 0 Å². The van der Waals surface area contributed by atoms with E-state index in [9.17, 15) is 4.79 Å². The summed E-state index contributed by atoms with van der Waals surface area (Å²) in [7, 11) is 3.23. The zero-order valence-electron chi connectivity index (χ0n) is 16.6. The molecule has 1 aliphatic rings. The van der Waals surface area contributed by atoms with Crippen LogP contribution in [0.15, 0.2) is 36.7 Å². The zero-order valence-corrected chi connectivity index (χ0v) is 16.6. The predicted molar refractivity (Wildman–Crippen MR) is 108 cm³/mol. The normalized spacial score (nSPS) is 16.5. The minimum absolute atomic E-state index is 0.0611. The molecule has 7 heteroatoms. The number of nitrogens with zero attached hydrogens (tertiary/aromatic N) is 3. The number of ether oxygens (including phenoxy) is 2. The monoisotopic (exact) mass is 384 g/mol. The third-order valence-corrected chi connectivity index (χ3v) is 5.10. The molecular weight excluding hydrogens is 356 g/mol. The SMILES string of the molecule is COc1ccc(CNC(=O)CC[C@@H]2CCCN(c3ncccn3)C2)c(OC)c1. The number of aromatic nitrogens is 2. The number of hydrogen-bond donors (Lipinski definition) is 1. The number of carbonyl (C=O) groups excluding carboxylic acids is 1. The van der Waals surface area contributed by atoms with Gasteiger partial charge in [-0.1, -0.05) is 0 Å². The summed E-state index contributed by atoms with van der Waals surface area (Å²) in [5.74, 6) is 2.77. The number of anilines is 1. The van der Waals surface area contributed by atoms with Crippen LogP contribution < -0.4 is 19.7 Å². The van der Waals surface area contributed by atoms with Crippen LogP contribution >= 0.6 is 0 Å². The third-order valence-electron chi connectivity index (χ3n) is 5.10. The molecule has 1 atom stereocenters. The molecular formula is C21H28N4O3. The summed E-state index contributed by atoms with van der Waals surface area (Å²) in [5.41, 5.74) is 0.932. The van der Waals surface area contributed by atoms with Gasteiger partial charge in [0, 0.05) is 50.1 Å². The molecule has 2 heterocycles. The van der Waals surface area contributed by atoms with E-state index in [-0.39, 0.29) is 5.91 Å². The second-order valence-corrected chi connectivity index (χ2v) is 7.00. The number of nitrogens with one attached hydrogen (secondary N) is 1. The van der Waals surface area contributed by atoms with E-state index >= 15 is 0 Å². The first kappa shape index (κ1) is 19.9.